The summed E-state index contributed by atoms with van der Waals surface area (Å²) in [7, 11) is 0. The molecule has 1 aromatic carbocycles. The number of ether oxygens (including phenoxy) is 1. The topological polar surface area (TPSA) is 72.0 Å². The van der Waals surface area contributed by atoms with Crippen molar-refractivity contribution in [3.8, 4) is 5.75 Å². The van der Waals surface area contributed by atoms with Crippen LogP contribution in [0.25, 0.3) is 0 Å². The molecule has 0 radical (unpaired) electrons. The van der Waals surface area contributed by atoms with E-state index in [9.17, 15) is 0 Å². The van der Waals surface area contributed by atoms with Gasteiger partial charge in [0.1, 0.15) is 11.9 Å². The van der Waals surface area contributed by atoms with Gasteiger partial charge in [-0.2, -0.15) is 0 Å². The number of rotatable bonds is 4. The molecule has 1 heterocycles. The van der Waals surface area contributed by atoms with Gasteiger partial charge in [0.15, 0.2) is 0 Å². The Morgan fingerprint density at radius 2 is 2.05 bits per heavy atom. The Morgan fingerprint density at radius 3 is 2.68 bits per heavy atom. The summed E-state index contributed by atoms with van der Waals surface area (Å²) in [6, 6.07) is 5.22. The van der Waals surface area contributed by atoms with Crippen molar-refractivity contribution in [2.45, 2.75) is 26.9 Å². The first-order chi connectivity index (χ1) is 10.3. The lowest BCUT2D eigenvalue weighted by atomic mass is 10.1. The molecule has 3 N–H and O–H groups in total. The monoisotopic (exact) mass is 337 g/mol. The Kier molecular flexibility index (Phi) is 4.94. The zero-order valence-electron chi connectivity index (χ0n) is 12.6. The quantitative estimate of drug-likeness (QED) is 0.621. The molecule has 1 aromatic heterocycles. The number of aryl methyl sites for hydroxylation is 1. The van der Waals surface area contributed by atoms with Crippen LogP contribution in [-0.2, 0) is 0 Å². The van der Waals surface area contributed by atoms with Crippen LogP contribution in [0, 0.1) is 12.3 Å². The molecule has 0 saturated heterocycles. The molecule has 0 saturated carbocycles. The molecule has 22 heavy (non-hydrogen) atoms. The largest absolute Gasteiger partial charge is 0.486 e. The number of nitrogens with one attached hydrogen (secondary N) is 1. The number of anilines is 1. The van der Waals surface area contributed by atoms with Crippen LogP contribution in [0.2, 0.25) is 10.0 Å². The predicted molar refractivity (Wildman–Crippen MR) is 91.4 cm³/mol. The summed E-state index contributed by atoms with van der Waals surface area (Å²) in [5.41, 5.74) is 8.82. The third kappa shape index (κ3) is 3.34. The van der Waals surface area contributed by atoms with Gasteiger partial charge in [0, 0.05) is 28.7 Å². The van der Waals surface area contributed by atoms with Crippen LogP contribution in [0.1, 0.15) is 36.8 Å². The first-order valence-electron chi connectivity index (χ1n) is 6.73. The lowest BCUT2D eigenvalue weighted by Crippen LogP contribution is -2.07. The van der Waals surface area contributed by atoms with Crippen molar-refractivity contribution in [1.82, 2.24) is 4.98 Å². The standard InChI is InChI=1S/C16H17Cl2N3O/c1-8(19)12-6-11(4-5-14(12)20)22-10(3)15-13(17)7-21-9(2)16(15)18/h4-7,10,19H,20H2,1-3H3/t10-/m1/s1. The van der Waals surface area contributed by atoms with Crippen LogP contribution in [0.15, 0.2) is 24.4 Å². The van der Waals surface area contributed by atoms with Crippen LogP contribution in [0.5, 0.6) is 5.75 Å². The minimum Gasteiger partial charge on any atom is -0.486 e. The number of nitrogen functional groups attached to an aromatic ring is 1. The second-order valence-electron chi connectivity index (χ2n) is 5.05. The minimum absolute atomic E-state index is 0.357. The van der Waals surface area contributed by atoms with Crippen molar-refractivity contribution in [2.75, 3.05) is 5.73 Å². The second-order valence-corrected chi connectivity index (χ2v) is 5.84. The van der Waals surface area contributed by atoms with E-state index in [2.05, 4.69) is 4.98 Å². The molecule has 0 fully saturated rings. The Morgan fingerprint density at radius 1 is 1.36 bits per heavy atom. The maximum absolute atomic E-state index is 7.73. The number of benzene rings is 1. The van der Waals surface area contributed by atoms with Crippen LogP contribution < -0.4 is 10.5 Å². The van der Waals surface area contributed by atoms with Gasteiger partial charge in [0.25, 0.3) is 0 Å². The summed E-state index contributed by atoms with van der Waals surface area (Å²) >= 11 is 12.5. The van der Waals surface area contributed by atoms with Gasteiger partial charge < -0.3 is 15.9 Å². The van der Waals surface area contributed by atoms with Crippen molar-refractivity contribution in [2.24, 2.45) is 0 Å². The van der Waals surface area contributed by atoms with Gasteiger partial charge in [-0.25, -0.2) is 0 Å². The maximum atomic E-state index is 7.73. The third-order valence-corrected chi connectivity index (χ3v) is 4.11. The number of aromatic nitrogens is 1. The van der Waals surface area contributed by atoms with E-state index in [1.807, 2.05) is 13.8 Å². The van der Waals surface area contributed by atoms with Gasteiger partial charge in [0.05, 0.1) is 15.7 Å². The minimum atomic E-state index is -0.357. The van der Waals surface area contributed by atoms with E-state index in [-0.39, 0.29) is 6.10 Å². The number of hydrogen-bond acceptors (Lipinski definition) is 4. The highest BCUT2D eigenvalue weighted by molar-refractivity contribution is 6.36. The number of halogens is 2. The summed E-state index contributed by atoms with van der Waals surface area (Å²) in [6.45, 7) is 5.35. The molecule has 6 heteroatoms. The van der Waals surface area contributed by atoms with Gasteiger partial charge in [0.2, 0.25) is 0 Å². The molecule has 0 bridgehead atoms. The molecule has 1 atom stereocenters. The fourth-order valence-corrected chi connectivity index (χ4v) is 2.80. The summed E-state index contributed by atoms with van der Waals surface area (Å²) in [5.74, 6) is 0.602. The fourth-order valence-electron chi connectivity index (χ4n) is 2.15. The van der Waals surface area contributed by atoms with Gasteiger partial charge >= 0.3 is 0 Å². The van der Waals surface area contributed by atoms with E-state index in [1.54, 1.807) is 31.3 Å². The molecule has 116 valence electrons. The van der Waals surface area contributed by atoms with Crippen LogP contribution >= 0.6 is 23.2 Å². The maximum Gasteiger partial charge on any atom is 0.124 e. The molecule has 0 unspecified atom stereocenters. The molecule has 0 amide bonds. The molecular formula is C16H17Cl2N3O. The molecule has 0 aliphatic heterocycles. The fraction of sp³-hybridized carbons (Fsp3) is 0.250. The Labute approximate surface area is 139 Å². The third-order valence-electron chi connectivity index (χ3n) is 3.33. The van der Waals surface area contributed by atoms with E-state index in [1.165, 1.54) is 0 Å². The van der Waals surface area contributed by atoms with Crippen LogP contribution in [0.4, 0.5) is 5.69 Å². The zero-order valence-corrected chi connectivity index (χ0v) is 14.1. The van der Waals surface area contributed by atoms with Crippen molar-refractivity contribution in [3.63, 3.8) is 0 Å². The van der Waals surface area contributed by atoms with E-state index in [4.69, 9.17) is 39.1 Å². The average molecular weight is 338 g/mol. The van der Waals surface area contributed by atoms with Gasteiger partial charge in [-0.3, -0.25) is 4.98 Å². The first kappa shape index (κ1) is 16.6. The SMILES string of the molecule is CC(=N)c1cc(O[C@H](C)c2c(Cl)cnc(C)c2Cl)ccc1N. The van der Waals surface area contributed by atoms with Crippen molar-refractivity contribution in [3.05, 3.63) is 51.3 Å². The van der Waals surface area contributed by atoms with Crippen molar-refractivity contribution >= 4 is 34.6 Å². The zero-order chi connectivity index (χ0) is 16.4. The lowest BCUT2D eigenvalue weighted by molar-refractivity contribution is 0.227. The average Bonchev–Trinajstić information content (AvgIpc) is 2.45. The van der Waals surface area contributed by atoms with E-state index >= 15 is 0 Å². The Bertz CT molecular complexity index is 732. The van der Waals surface area contributed by atoms with E-state index < -0.39 is 0 Å². The molecule has 0 spiro atoms. The Hall–Kier alpha value is -1.78. The first-order valence-corrected chi connectivity index (χ1v) is 7.49. The second kappa shape index (κ2) is 6.55. The molecule has 4 nitrogen and oxygen atoms in total. The highest BCUT2D eigenvalue weighted by Crippen LogP contribution is 2.34. The number of nitrogens with zero attached hydrogens (tertiary/aromatic N) is 1. The summed E-state index contributed by atoms with van der Waals surface area (Å²) < 4.78 is 5.91. The highest BCUT2D eigenvalue weighted by Gasteiger charge is 2.18. The summed E-state index contributed by atoms with van der Waals surface area (Å²) in [6.07, 6.45) is 1.21. The lowest BCUT2D eigenvalue weighted by Gasteiger charge is -2.19. The number of hydrogen-bond donors (Lipinski definition) is 2. The van der Waals surface area contributed by atoms with E-state index in [0.717, 1.165) is 0 Å². The number of nitrogens with two attached hydrogens (primary N) is 1. The molecule has 0 aliphatic carbocycles. The smallest absolute Gasteiger partial charge is 0.124 e. The normalized spacial score (nSPS) is 12.0. The Balaban J connectivity index is 2.34. The molecule has 2 rings (SSSR count). The van der Waals surface area contributed by atoms with Gasteiger partial charge in [-0.1, -0.05) is 23.2 Å². The summed E-state index contributed by atoms with van der Waals surface area (Å²) in [5, 5.41) is 8.69. The molecular weight excluding hydrogens is 321 g/mol. The van der Waals surface area contributed by atoms with Crippen LogP contribution in [-0.4, -0.2) is 10.7 Å². The van der Waals surface area contributed by atoms with Gasteiger partial charge in [-0.05, 0) is 39.0 Å². The van der Waals surface area contributed by atoms with Crippen molar-refractivity contribution in [1.29, 1.82) is 5.41 Å². The van der Waals surface area contributed by atoms with Crippen LogP contribution in [0.3, 0.4) is 0 Å². The molecule has 2 aromatic rings. The highest BCUT2D eigenvalue weighted by atomic mass is 35.5. The summed E-state index contributed by atoms with van der Waals surface area (Å²) in [4.78, 5) is 4.11. The number of pyridine rings is 1. The van der Waals surface area contributed by atoms with Crippen molar-refractivity contribution < 1.29 is 4.74 Å². The predicted octanol–water partition coefficient (Wildman–Crippen LogP) is 4.81. The van der Waals surface area contributed by atoms with Gasteiger partial charge in [-0.15, -0.1) is 0 Å². The van der Waals surface area contributed by atoms with E-state index in [0.29, 0.717) is 44.0 Å². The molecule has 0 aliphatic rings.